The minimum atomic E-state index is -0.796. The number of halogens is 2. The molecule has 0 aliphatic heterocycles. The standard InChI is InChI=1S/C21H23ClFN3O4S/c1-12-24-10-16(31-12)19(29)26-20-4-6-21(7-5-20,17(27)9-20)25-18(28)11-30-13-2-3-14(22)15(23)8-13/h2-3,8,10,17,27H,4-7,9,11H2,1H3,(H,25,28)(H,26,29). The quantitative estimate of drug-likeness (QED) is 0.606. The van der Waals surface area contributed by atoms with Crippen LogP contribution in [-0.4, -0.2) is 45.7 Å². The van der Waals surface area contributed by atoms with Gasteiger partial charge in [-0.2, -0.15) is 0 Å². The number of carbonyl (C=O) groups excluding carboxylic acids is 2. The molecule has 10 heteroatoms. The predicted molar refractivity (Wildman–Crippen MR) is 114 cm³/mol. The average molecular weight is 468 g/mol. The molecule has 3 fully saturated rings. The van der Waals surface area contributed by atoms with Crippen molar-refractivity contribution in [2.75, 3.05) is 6.61 Å². The van der Waals surface area contributed by atoms with E-state index in [2.05, 4.69) is 15.6 Å². The number of aromatic nitrogens is 1. The van der Waals surface area contributed by atoms with Gasteiger partial charge in [0.15, 0.2) is 6.61 Å². The molecule has 0 saturated heterocycles. The summed E-state index contributed by atoms with van der Waals surface area (Å²) in [4.78, 5) is 29.7. The number of hydrogen-bond acceptors (Lipinski definition) is 6. The fraction of sp³-hybridized carbons (Fsp3) is 0.476. The van der Waals surface area contributed by atoms with E-state index in [0.29, 0.717) is 37.0 Å². The van der Waals surface area contributed by atoms with Gasteiger partial charge in [-0.25, -0.2) is 9.37 Å². The van der Waals surface area contributed by atoms with Crippen molar-refractivity contribution in [1.82, 2.24) is 15.6 Å². The van der Waals surface area contributed by atoms with Gasteiger partial charge in [-0.3, -0.25) is 9.59 Å². The minimum Gasteiger partial charge on any atom is -0.484 e. The molecule has 2 bridgehead atoms. The maximum Gasteiger partial charge on any atom is 0.263 e. The van der Waals surface area contributed by atoms with Crippen LogP contribution in [-0.2, 0) is 4.79 Å². The van der Waals surface area contributed by atoms with Crippen LogP contribution in [0.2, 0.25) is 5.02 Å². The molecule has 1 aromatic heterocycles. The van der Waals surface area contributed by atoms with Crippen molar-refractivity contribution in [3.8, 4) is 5.75 Å². The lowest BCUT2D eigenvalue weighted by atomic mass is 9.60. The summed E-state index contributed by atoms with van der Waals surface area (Å²) in [5, 5.41) is 17.6. The minimum absolute atomic E-state index is 0.0238. The Morgan fingerprint density at radius 2 is 2.06 bits per heavy atom. The molecule has 7 nitrogen and oxygen atoms in total. The molecule has 3 N–H and O–H groups in total. The molecule has 0 spiro atoms. The van der Waals surface area contributed by atoms with E-state index >= 15 is 0 Å². The second-order valence-electron chi connectivity index (χ2n) is 8.27. The molecular formula is C21H23ClFN3O4S. The van der Waals surface area contributed by atoms with Crippen LogP contribution in [0.25, 0.3) is 0 Å². The zero-order chi connectivity index (χ0) is 22.2. The van der Waals surface area contributed by atoms with Gasteiger partial charge in [-0.1, -0.05) is 11.6 Å². The number of hydrogen-bond donors (Lipinski definition) is 3. The number of nitrogens with one attached hydrogen (secondary N) is 2. The van der Waals surface area contributed by atoms with E-state index in [-0.39, 0.29) is 23.3 Å². The van der Waals surface area contributed by atoms with Crippen molar-refractivity contribution in [3.05, 3.63) is 45.1 Å². The second-order valence-corrected chi connectivity index (χ2v) is 9.91. The van der Waals surface area contributed by atoms with Gasteiger partial charge in [-0.05, 0) is 51.2 Å². The summed E-state index contributed by atoms with van der Waals surface area (Å²) >= 11 is 6.97. The molecule has 1 atom stereocenters. The number of ether oxygens (including phenoxy) is 1. The molecule has 2 amide bonds. The molecule has 1 heterocycles. The first-order valence-electron chi connectivity index (χ1n) is 10.0. The Bertz CT molecular complexity index is 1010. The van der Waals surface area contributed by atoms with Gasteiger partial charge in [0.25, 0.3) is 11.8 Å². The SMILES string of the molecule is Cc1ncc(C(=O)NC23CCC(NC(=O)COc4ccc(Cl)c(F)c4)(CC2)C(O)C3)s1. The number of fused-ring (bicyclic) bond motifs is 3. The normalized spacial score (nSPS) is 27.0. The van der Waals surface area contributed by atoms with E-state index in [4.69, 9.17) is 16.3 Å². The Morgan fingerprint density at radius 3 is 2.68 bits per heavy atom. The van der Waals surface area contributed by atoms with Crippen LogP contribution in [0.5, 0.6) is 5.75 Å². The molecule has 2 aromatic rings. The number of carbonyl (C=O) groups is 2. The van der Waals surface area contributed by atoms with E-state index in [1.54, 1.807) is 6.20 Å². The first kappa shape index (κ1) is 22.0. The van der Waals surface area contributed by atoms with Crippen molar-refractivity contribution >= 4 is 34.8 Å². The Hall–Kier alpha value is -2.23. The highest BCUT2D eigenvalue weighted by Crippen LogP contribution is 2.47. The highest BCUT2D eigenvalue weighted by atomic mass is 35.5. The van der Waals surface area contributed by atoms with Crippen LogP contribution < -0.4 is 15.4 Å². The molecule has 0 radical (unpaired) electrons. The highest BCUT2D eigenvalue weighted by molar-refractivity contribution is 7.13. The molecule has 3 aliphatic rings. The van der Waals surface area contributed by atoms with Gasteiger partial charge in [0.2, 0.25) is 0 Å². The first-order chi connectivity index (χ1) is 14.7. The van der Waals surface area contributed by atoms with Crippen LogP contribution in [0.3, 0.4) is 0 Å². The van der Waals surface area contributed by atoms with Crippen molar-refractivity contribution in [1.29, 1.82) is 0 Å². The number of benzene rings is 1. The Labute approximate surface area is 188 Å². The number of amides is 2. The Morgan fingerprint density at radius 1 is 1.32 bits per heavy atom. The first-order valence-corrected chi connectivity index (χ1v) is 11.2. The van der Waals surface area contributed by atoms with Crippen LogP contribution in [0.1, 0.15) is 46.8 Å². The fourth-order valence-electron chi connectivity index (χ4n) is 4.46. The average Bonchev–Trinajstić information content (AvgIpc) is 3.17. The summed E-state index contributed by atoms with van der Waals surface area (Å²) in [6.07, 6.45) is 3.50. The fourth-order valence-corrected chi connectivity index (χ4v) is 5.25. The molecule has 5 rings (SSSR count). The number of nitrogens with zero attached hydrogens (tertiary/aromatic N) is 1. The summed E-state index contributed by atoms with van der Waals surface area (Å²) < 4.78 is 18.9. The predicted octanol–water partition coefficient (Wildman–Crippen LogP) is 2.99. The molecule has 1 aromatic carbocycles. The lowest BCUT2D eigenvalue weighted by Gasteiger charge is -2.56. The molecule has 3 saturated carbocycles. The summed E-state index contributed by atoms with van der Waals surface area (Å²) in [6, 6.07) is 3.95. The van der Waals surface area contributed by atoms with Gasteiger partial charge < -0.3 is 20.5 Å². The Balaban J connectivity index is 1.34. The number of aryl methyl sites for hydroxylation is 1. The zero-order valence-electron chi connectivity index (χ0n) is 16.9. The van der Waals surface area contributed by atoms with Crippen molar-refractivity contribution < 1.29 is 23.8 Å². The monoisotopic (exact) mass is 467 g/mol. The molecule has 1 unspecified atom stereocenters. The van der Waals surface area contributed by atoms with Crippen molar-refractivity contribution in [3.63, 3.8) is 0 Å². The lowest BCUT2D eigenvalue weighted by molar-refractivity contribution is -0.132. The van der Waals surface area contributed by atoms with Crippen molar-refractivity contribution in [2.45, 2.75) is 56.2 Å². The van der Waals surface area contributed by atoms with Gasteiger partial charge in [0.05, 0.1) is 27.9 Å². The maximum atomic E-state index is 13.5. The second kappa shape index (κ2) is 8.37. The smallest absolute Gasteiger partial charge is 0.263 e. The third-order valence-corrected chi connectivity index (χ3v) is 7.41. The van der Waals surface area contributed by atoms with E-state index < -0.39 is 28.9 Å². The third kappa shape index (κ3) is 4.53. The summed E-state index contributed by atoms with van der Waals surface area (Å²) in [6.45, 7) is 1.54. The highest BCUT2D eigenvalue weighted by Gasteiger charge is 2.55. The van der Waals surface area contributed by atoms with Gasteiger partial charge in [0.1, 0.15) is 16.4 Å². The van der Waals surface area contributed by atoms with E-state index in [1.165, 1.54) is 23.5 Å². The summed E-state index contributed by atoms with van der Waals surface area (Å²) in [5.74, 6) is -1.00. The number of aliphatic hydroxyl groups is 1. The van der Waals surface area contributed by atoms with E-state index in [9.17, 15) is 19.1 Å². The van der Waals surface area contributed by atoms with Gasteiger partial charge in [-0.15, -0.1) is 11.3 Å². The zero-order valence-corrected chi connectivity index (χ0v) is 18.5. The largest absolute Gasteiger partial charge is 0.484 e. The number of thiazole rings is 1. The number of aliphatic hydroxyl groups excluding tert-OH is 1. The van der Waals surface area contributed by atoms with Crippen LogP contribution in [0.4, 0.5) is 4.39 Å². The van der Waals surface area contributed by atoms with Gasteiger partial charge >= 0.3 is 0 Å². The topological polar surface area (TPSA) is 101 Å². The summed E-state index contributed by atoms with van der Waals surface area (Å²) in [7, 11) is 0. The molecule has 31 heavy (non-hydrogen) atoms. The maximum absolute atomic E-state index is 13.5. The van der Waals surface area contributed by atoms with E-state index in [1.807, 2.05) is 6.92 Å². The third-order valence-electron chi connectivity index (χ3n) is 6.19. The molecular weight excluding hydrogens is 445 g/mol. The van der Waals surface area contributed by atoms with Crippen LogP contribution in [0.15, 0.2) is 24.4 Å². The number of rotatable bonds is 6. The van der Waals surface area contributed by atoms with E-state index in [0.717, 1.165) is 11.1 Å². The lowest BCUT2D eigenvalue weighted by Crippen LogP contribution is -2.70. The molecule has 166 valence electrons. The molecule has 3 aliphatic carbocycles. The Kier molecular flexibility index (Phi) is 5.93. The van der Waals surface area contributed by atoms with Crippen LogP contribution in [0, 0.1) is 12.7 Å². The summed E-state index contributed by atoms with van der Waals surface area (Å²) in [5.41, 5.74) is -1.24. The van der Waals surface area contributed by atoms with Crippen LogP contribution >= 0.6 is 22.9 Å². The van der Waals surface area contributed by atoms with Gasteiger partial charge in [0, 0.05) is 11.6 Å². The van der Waals surface area contributed by atoms with Crippen molar-refractivity contribution in [2.24, 2.45) is 0 Å².